The van der Waals surface area contributed by atoms with Crippen molar-refractivity contribution in [3.63, 3.8) is 0 Å². The quantitative estimate of drug-likeness (QED) is 0.482. The highest BCUT2D eigenvalue weighted by Crippen LogP contribution is 2.37. The van der Waals surface area contributed by atoms with Crippen molar-refractivity contribution < 1.29 is 14.4 Å². The topological polar surface area (TPSA) is 69.7 Å². The zero-order valence-electron chi connectivity index (χ0n) is 19.4. The summed E-state index contributed by atoms with van der Waals surface area (Å²) in [6.45, 7) is 4.72. The number of amides is 3. The number of anilines is 1. The summed E-state index contributed by atoms with van der Waals surface area (Å²) in [5, 5.41) is 5.34. The van der Waals surface area contributed by atoms with E-state index in [0.717, 1.165) is 22.0 Å². The molecule has 4 rings (SSSR count). The van der Waals surface area contributed by atoms with Crippen LogP contribution in [0.5, 0.6) is 0 Å². The van der Waals surface area contributed by atoms with Crippen LogP contribution in [0.2, 0.25) is 5.02 Å². The Hall–Kier alpha value is -3.38. The van der Waals surface area contributed by atoms with Gasteiger partial charge in [-0.05, 0) is 49.4 Å². The third-order valence-electron chi connectivity index (χ3n) is 6.24. The highest BCUT2D eigenvalue weighted by atomic mass is 35.5. The molecule has 176 valence electrons. The molecule has 3 aromatic rings. The van der Waals surface area contributed by atoms with E-state index in [0.29, 0.717) is 30.1 Å². The Kier molecular flexibility index (Phi) is 7.17. The van der Waals surface area contributed by atoms with Crippen molar-refractivity contribution in [2.75, 3.05) is 18.0 Å². The number of carbonyl (C=O) groups is 3. The van der Waals surface area contributed by atoms with Crippen molar-refractivity contribution >= 4 is 45.8 Å². The van der Waals surface area contributed by atoms with Gasteiger partial charge in [0.2, 0.25) is 11.8 Å². The van der Waals surface area contributed by atoms with Gasteiger partial charge in [0.15, 0.2) is 0 Å². The number of hydrogen-bond acceptors (Lipinski definition) is 3. The number of nitrogens with one attached hydrogen (secondary N) is 1. The fraction of sp³-hybridized carbons (Fsp3) is 0.296. The summed E-state index contributed by atoms with van der Waals surface area (Å²) >= 11 is 6.32. The van der Waals surface area contributed by atoms with Crippen molar-refractivity contribution in [2.45, 2.75) is 39.3 Å². The van der Waals surface area contributed by atoms with E-state index in [1.165, 1.54) is 0 Å². The van der Waals surface area contributed by atoms with Gasteiger partial charge in [0, 0.05) is 42.0 Å². The molecule has 3 amide bonds. The van der Waals surface area contributed by atoms with E-state index in [1.807, 2.05) is 61.5 Å². The SMILES string of the molecule is CCNC(=O)[C@H](C)N(Cc1ccccc1Cl)C(=O)CCCN1C(=O)c2cccc3cccc1c23. The van der Waals surface area contributed by atoms with E-state index in [4.69, 9.17) is 11.6 Å². The van der Waals surface area contributed by atoms with Crippen LogP contribution in [0.4, 0.5) is 5.69 Å². The lowest BCUT2D eigenvalue weighted by molar-refractivity contribution is -0.140. The zero-order chi connectivity index (χ0) is 24.2. The van der Waals surface area contributed by atoms with E-state index < -0.39 is 6.04 Å². The Morgan fingerprint density at radius 2 is 1.79 bits per heavy atom. The first kappa shape index (κ1) is 23.8. The molecule has 0 aliphatic carbocycles. The van der Waals surface area contributed by atoms with Gasteiger partial charge in [-0.3, -0.25) is 14.4 Å². The minimum absolute atomic E-state index is 0.0390. The van der Waals surface area contributed by atoms with E-state index in [9.17, 15) is 14.4 Å². The average molecular weight is 478 g/mol. The number of halogens is 1. The Bertz CT molecular complexity index is 1240. The molecule has 1 aliphatic rings. The van der Waals surface area contributed by atoms with Gasteiger partial charge in [-0.25, -0.2) is 0 Å². The summed E-state index contributed by atoms with van der Waals surface area (Å²) in [4.78, 5) is 42.1. The molecule has 0 bridgehead atoms. The van der Waals surface area contributed by atoms with E-state index in [1.54, 1.807) is 22.8 Å². The van der Waals surface area contributed by atoms with E-state index in [-0.39, 0.29) is 30.7 Å². The van der Waals surface area contributed by atoms with Crippen LogP contribution in [0.3, 0.4) is 0 Å². The standard InChI is InChI=1S/C27H28ClN3O3/c1-3-29-26(33)18(2)31(17-20-9-4-5-13-22(20)28)24(32)15-8-16-30-23-14-7-11-19-10-6-12-21(25(19)23)27(30)34/h4-7,9-14,18H,3,8,15-17H2,1-2H3,(H,29,33)/t18-/m0/s1. The fourth-order valence-electron chi connectivity index (χ4n) is 4.45. The first-order valence-electron chi connectivity index (χ1n) is 11.6. The van der Waals surface area contributed by atoms with Crippen LogP contribution in [0, 0.1) is 0 Å². The van der Waals surface area contributed by atoms with Gasteiger partial charge < -0.3 is 15.1 Å². The number of rotatable bonds is 9. The predicted molar refractivity (Wildman–Crippen MR) is 135 cm³/mol. The molecule has 0 unspecified atom stereocenters. The number of likely N-dealkylation sites (N-methyl/N-ethyl adjacent to an activating group) is 1. The second-order valence-corrected chi connectivity index (χ2v) is 8.83. The molecule has 0 radical (unpaired) electrons. The molecule has 0 aromatic heterocycles. The molecule has 0 fully saturated rings. The third-order valence-corrected chi connectivity index (χ3v) is 6.61. The highest BCUT2D eigenvalue weighted by Gasteiger charge is 2.30. The first-order chi connectivity index (χ1) is 16.4. The zero-order valence-corrected chi connectivity index (χ0v) is 20.1. The summed E-state index contributed by atoms with van der Waals surface area (Å²) in [6.07, 6.45) is 0.695. The molecule has 3 aromatic carbocycles. The lowest BCUT2D eigenvalue weighted by Gasteiger charge is -2.29. The minimum Gasteiger partial charge on any atom is -0.355 e. The minimum atomic E-state index is -0.643. The summed E-state index contributed by atoms with van der Waals surface area (Å²) in [6, 6.07) is 18.3. The molecule has 7 heteroatoms. The highest BCUT2D eigenvalue weighted by molar-refractivity contribution is 6.31. The molecule has 1 heterocycles. The Balaban J connectivity index is 1.47. The van der Waals surface area contributed by atoms with Crippen LogP contribution in [-0.2, 0) is 16.1 Å². The predicted octanol–water partition coefficient (Wildman–Crippen LogP) is 4.79. The fourth-order valence-corrected chi connectivity index (χ4v) is 4.64. The van der Waals surface area contributed by atoms with Gasteiger partial charge in [0.25, 0.3) is 5.91 Å². The third kappa shape index (κ3) is 4.64. The van der Waals surface area contributed by atoms with Crippen LogP contribution in [-0.4, -0.2) is 41.8 Å². The molecule has 0 spiro atoms. The number of hydrogen-bond donors (Lipinski definition) is 1. The summed E-state index contributed by atoms with van der Waals surface area (Å²) in [5.41, 5.74) is 2.37. The molecule has 0 saturated carbocycles. The molecule has 1 N–H and O–H groups in total. The molecule has 34 heavy (non-hydrogen) atoms. The van der Waals surface area contributed by atoms with Gasteiger partial charge in [-0.1, -0.05) is 54.1 Å². The maximum atomic E-state index is 13.3. The van der Waals surface area contributed by atoms with Crippen LogP contribution >= 0.6 is 11.6 Å². The second kappa shape index (κ2) is 10.3. The van der Waals surface area contributed by atoms with Gasteiger partial charge >= 0.3 is 0 Å². The van der Waals surface area contributed by atoms with Gasteiger partial charge in [-0.15, -0.1) is 0 Å². The Labute approximate surface area is 204 Å². The van der Waals surface area contributed by atoms with Crippen molar-refractivity contribution in [1.29, 1.82) is 0 Å². The molecule has 1 atom stereocenters. The van der Waals surface area contributed by atoms with Gasteiger partial charge in [-0.2, -0.15) is 0 Å². The van der Waals surface area contributed by atoms with Crippen LogP contribution in [0.1, 0.15) is 42.6 Å². The lowest BCUT2D eigenvalue weighted by atomic mass is 10.1. The average Bonchev–Trinajstić information content (AvgIpc) is 3.11. The maximum Gasteiger partial charge on any atom is 0.258 e. The second-order valence-electron chi connectivity index (χ2n) is 8.42. The largest absolute Gasteiger partial charge is 0.355 e. The molecule has 0 saturated heterocycles. The lowest BCUT2D eigenvalue weighted by Crippen LogP contribution is -2.47. The van der Waals surface area contributed by atoms with Crippen molar-refractivity contribution in [3.05, 3.63) is 76.8 Å². The monoisotopic (exact) mass is 477 g/mol. The van der Waals surface area contributed by atoms with Crippen molar-refractivity contribution in [2.24, 2.45) is 0 Å². The molecule has 6 nitrogen and oxygen atoms in total. The Morgan fingerprint density at radius 3 is 2.53 bits per heavy atom. The van der Waals surface area contributed by atoms with Crippen molar-refractivity contribution in [1.82, 2.24) is 10.2 Å². The van der Waals surface area contributed by atoms with Crippen LogP contribution in [0.15, 0.2) is 60.7 Å². The molecular weight excluding hydrogens is 450 g/mol. The van der Waals surface area contributed by atoms with Gasteiger partial charge in [0.05, 0.1) is 5.69 Å². The molecule has 1 aliphatic heterocycles. The summed E-state index contributed by atoms with van der Waals surface area (Å²) < 4.78 is 0. The van der Waals surface area contributed by atoms with Crippen LogP contribution in [0.25, 0.3) is 10.8 Å². The number of carbonyl (C=O) groups excluding carboxylic acids is 3. The molecular formula is C27H28ClN3O3. The number of nitrogens with zero attached hydrogens (tertiary/aromatic N) is 2. The normalized spacial score (nSPS) is 13.3. The van der Waals surface area contributed by atoms with E-state index >= 15 is 0 Å². The summed E-state index contributed by atoms with van der Waals surface area (Å²) in [5.74, 6) is -0.399. The Morgan fingerprint density at radius 1 is 1.06 bits per heavy atom. The van der Waals surface area contributed by atoms with Gasteiger partial charge in [0.1, 0.15) is 6.04 Å². The maximum absolute atomic E-state index is 13.3. The summed E-state index contributed by atoms with van der Waals surface area (Å²) in [7, 11) is 0. The van der Waals surface area contributed by atoms with Crippen molar-refractivity contribution in [3.8, 4) is 0 Å². The smallest absolute Gasteiger partial charge is 0.258 e. The van der Waals surface area contributed by atoms with E-state index in [2.05, 4.69) is 5.32 Å². The first-order valence-corrected chi connectivity index (χ1v) is 11.9. The number of benzene rings is 3. The van der Waals surface area contributed by atoms with Crippen LogP contribution < -0.4 is 10.2 Å².